The minimum absolute atomic E-state index is 0.0332. The number of nitrogens with zero attached hydrogens (tertiary/aromatic N) is 3. The molecule has 3 aromatic rings. The molecular weight excluding hydrogens is 460 g/mol. The fourth-order valence-electron chi connectivity index (χ4n) is 3.82. The first-order valence-electron chi connectivity index (χ1n) is 11.9. The number of hydrogen-bond acceptors (Lipinski definition) is 7. The van der Waals surface area contributed by atoms with Crippen molar-refractivity contribution < 1.29 is 14.3 Å². The molecule has 192 valence electrons. The molecule has 0 fully saturated rings. The maximum absolute atomic E-state index is 13.6. The Bertz CT molecular complexity index is 1340. The molecule has 1 heterocycles. The molecule has 0 saturated heterocycles. The fraction of sp³-hybridized carbons (Fsp3) is 0.407. The van der Waals surface area contributed by atoms with Gasteiger partial charge >= 0.3 is 17.3 Å². The van der Waals surface area contributed by atoms with E-state index in [0.717, 1.165) is 27.0 Å². The third kappa shape index (κ3) is 6.02. The summed E-state index contributed by atoms with van der Waals surface area (Å²) in [5, 5.41) is 3.13. The van der Waals surface area contributed by atoms with Gasteiger partial charge in [-0.15, -0.1) is 0 Å². The summed E-state index contributed by atoms with van der Waals surface area (Å²) in [5.41, 5.74) is 2.19. The van der Waals surface area contributed by atoms with Gasteiger partial charge in [0.1, 0.15) is 5.75 Å². The van der Waals surface area contributed by atoms with Crippen LogP contribution >= 0.6 is 0 Å². The second-order valence-electron chi connectivity index (χ2n) is 9.27. The predicted molar refractivity (Wildman–Crippen MR) is 139 cm³/mol. The van der Waals surface area contributed by atoms with Crippen LogP contribution in [0.5, 0.6) is 5.75 Å². The number of benzene rings is 2. The van der Waals surface area contributed by atoms with Crippen LogP contribution in [0.4, 0.5) is 11.6 Å². The first kappa shape index (κ1) is 26.7. The van der Waals surface area contributed by atoms with Gasteiger partial charge in [0.15, 0.2) is 0 Å². The lowest BCUT2D eigenvalue weighted by Gasteiger charge is -2.22. The van der Waals surface area contributed by atoms with Crippen molar-refractivity contribution in [3.63, 3.8) is 0 Å². The van der Waals surface area contributed by atoms with Crippen LogP contribution in [0, 0.1) is 19.8 Å². The Kier molecular flexibility index (Phi) is 8.34. The molecule has 0 bridgehead atoms. The van der Waals surface area contributed by atoms with E-state index in [4.69, 9.17) is 9.47 Å². The van der Waals surface area contributed by atoms with E-state index in [1.165, 1.54) is 11.7 Å². The number of rotatable bonds is 9. The Hall–Kier alpha value is -3.88. The highest BCUT2D eigenvalue weighted by Gasteiger charge is 2.27. The first-order chi connectivity index (χ1) is 17.0. The minimum atomic E-state index is -0.752. The highest BCUT2D eigenvalue weighted by Crippen LogP contribution is 2.25. The van der Waals surface area contributed by atoms with Crippen LogP contribution in [0.25, 0.3) is 0 Å². The molecule has 1 N–H and O–H groups in total. The molecule has 0 radical (unpaired) electrons. The first-order valence-corrected chi connectivity index (χ1v) is 11.9. The molecule has 0 amide bonds. The zero-order valence-electron chi connectivity index (χ0n) is 21.9. The molecule has 2 atom stereocenters. The topological polar surface area (TPSA) is 104 Å². The average Bonchev–Trinajstić information content (AvgIpc) is 2.83. The highest BCUT2D eigenvalue weighted by atomic mass is 16.5. The van der Waals surface area contributed by atoms with Gasteiger partial charge in [0.25, 0.3) is 0 Å². The van der Waals surface area contributed by atoms with Crippen molar-refractivity contribution in [2.75, 3.05) is 12.4 Å². The van der Waals surface area contributed by atoms with Gasteiger partial charge in [-0.05, 0) is 70.9 Å². The maximum Gasteiger partial charge on any atom is 0.355 e. The van der Waals surface area contributed by atoms with E-state index >= 15 is 0 Å². The monoisotopic (exact) mass is 494 g/mol. The van der Waals surface area contributed by atoms with Crippen LogP contribution in [-0.2, 0) is 16.1 Å². The number of nitrogens with one attached hydrogen (secondary N) is 1. The summed E-state index contributed by atoms with van der Waals surface area (Å²) in [4.78, 5) is 43.0. The normalized spacial score (nSPS) is 12.8. The van der Waals surface area contributed by atoms with Crippen LogP contribution < -0.4 is 21.4 Å². The largest absolute Gasteiger partial charge is 0.491 e. The van der Waals surface area contributed by atoms with Gasteiger partial charge in [0, 0.05) is 5.69 Å². The highest BCUT2D eigenvalue weighted by molar-refractivity contribution is 5.72. The van der Waals surface area contributed by atoms with E-state index in [1.807, 2.05) is 64.1 Å². The zero-order valence-corrected chi connectivity index (χ0v) is 21.9. The van der Waals surface area contributed by atoms with Crippen molar-refractivity contribution in [1.82, 2.24) is 14.1 Å². The Morgan fingerprint density at radius 1 is 1.03 bits per heavy atom. The Morgan fingerprint density at radius 3 is 2.28 bits per heavy atom. The van der Waals surface area contributed by atoms with Crippen LogP contribution in [-0.4, -0.2) is 33.3 Å². The van der Waals surface area contributed by atoms with Crippen molar-refractivity contribution >= 4 is 17.6 Å². The number of aryl methyl sites for hydroxylation is 2. The summed E-state index contributed by atoms with van der Waals surface area (Å²) in [5.74, 6) is -0.372. The third-order valence-corrected chi connectivity index (χ3v) is 6.06. The number of carbonyl (C=O) groups is 1. The molecule has 0 spiro atoms. The molecule has 0 saturated carbocycles. The maximum atomic E-state index is 13.6. The van der Waals surface area contributed by atoms with Crippen molar-refractivity contribution in [1.29, 1.82) is 0 Å². The van der Waals surface area contributed by atoms with Gasteiger partial charge < -0.3 is 14.8 Å². The lowest BCUT2D eigenvalue weighted by molar-refractivity contribution is -0.146. The Labute approximate surface area is 210 Å². The lowest BCUT2D eigenvalue weighted by Crippen LogP contribution is -2.46. The molecule has 0 aliphatic heterocycles. The summed E-state index contributed by atoms with van der Waals surface area (Å²) in [7, 11) is 1.27. The smallest absolute Gasteiger partial charge is 0.355 e. The van der Waals surface area contributed by atoms with E-state index < -0.39 is 29.3 Å². The van der Waals surface area contributed by atoms with Crippen molar-refractivity contribution in [3.8, 4) is 5.75 Å². The second kappa shape index (κ2) is 11.2. The van der Waals surface area contributed by atoms with Crippen LogP contribution in [0.15, 0.2) is 52.1 Å². The number of methoxy groups -OCH3 is 1. The molecule has 1 aromatic heterocycles. The lowest BCUT2D eigenvalue weighted by atomic mass is 10.0. The number of anilines is 2. The van der Waals surface area contributed by atoms with Crippen LogP contribution in [0.3, 0.4) is 0 Å². The molecule has 2 aromatic carbocycles. The fourth-order valence-corrected chi connectivity index (χ4v) is 3.82. The van der Waals surface area contributed by atoms with Crippen LogP contribution in [0.2, 0.25) is 0 Å². The molecular formula is C27H34N4O5. The summed E-state index contributed by atoms with van der Waals surface area (Å²) < 4.78 is 13.0. The van der Waals surface area contributed by atoms with E-state index in [9.17, 15) is 14.4 Å². The molecule has 1 unspecified atom stereocenters. The second-order valence-corrected chi connectivity index (χ2v) is 9.27. The third-order valence-electron chi connectivity index (χ3n) is 6.06. The predicted octanol–water partition coefficient (Wildman–Crippen LogP) is 3.97. The minimum Gasteiger partial charge on any atom is -0.491 e. The molecule has 9 nitrogen and oxygen atoms in total. The quantitative estimate of drug-likeness (QED) is 0.449. The summed E-state index contributed by atoms with van der Waals surface area (Å²) in [6, 6.07) is 12.5. The van der Waals surface area contributed by atoms with Gasteiger partial charge in [-0.3, -0.25) is 9.36 Å². The number of esters is 1. The summed E-state index contributed by atoms with van der Waals surface area (Å²) >= 11 is 0. The zero-order chi connectivity index (χ0) is 26.6. The number of carbonyl (C=O) groups excluding carboxylic acids is 1. The molecule has 0 aliphatic rings. The number of hydrogen-bond donors (Lipinski definition) is 1. The van der Waals surface area contributed by atoms with Gasteiger partial charge in [-0.25, -0.2) is 14.2 Å². The van der Waals surface area contributed by atoms with Gasteiger partial charge in [-0.2, -0.15) is 4.98 Å². The van der Waals surface area contributed by atoms with Crippen molar-refractivity contribution in [3.05, 3.63) is 80.1 Å². The van der Waals surface area contributed by atoms with E-state index in [1.54, 1.807) is 19.9 Å². The molecule has 9 heteroatoms. The van der Waals surface area contributed by atoms with Crippen molar-refractivity contribution in [2.45, 2.75) is 60.2 Å². The van der Waals surface area contributed by atoms with E-state index in [0.29, 0.717) is 5.69 Å². The Balaban J connectivity index is 2.09. The molecule has 0 aliphatic carbocycles. The van der Waals surface area contributed by atoms with E-state index in [2.05, 4.69) is 10.3 Å². The average molecular weight is 495 g/mol. The molecule has 3 rings (SSSR count). The SMILES string of the molecule is COC(=O)[C@H](C)C(C)n1c(=O)nc(Nc2ccc(OC(C)C)c(C)c2)n(Cc2ccc(C)cc2)c1=O. The van der Waals surface area contributed by atoms with Crippen molar-refractivity contribution in [2.24, 2.45) is 5.92 Å². The standard InChI is InChI=1S/C27H34N4O5/c1-16(2)36-23-13-12-22(14-18(23)4)28-25-29-26(33)31(20(6)19(5)24(32)35-7)27(34)30(25)15-21-10-8-17(3)9-11-21/h8-14,16,19-20H,15H2,1-7H3,(H,28,29,33)/t19-,20?/m1/s1. The molecule has 36 heavy (non-hydrogen) atoms. The Morgan fingerprint density at radius 2 is 1.69 bits per heavy atom. The van der Waals surface area contributed by atoms with Gasteiger partial charge in [-0.1, -0.05) is 29.8 Å². The van der Waals surface area contributed by atoms with E-state index in [-0.39, 0.29) is 18.6 Å². The summed E-state index contributed by atoms with van der Waals surface area (Å²) in [6.45, 7) is 11.2. The number of aromatic nitrogens is 3. The van der Waals surface area contributed by atoms with Crippen LogP contribution in [0.1, 0.15) is 50.4 Å². The summed E-state index contributed by atoms with van der Waals surface area (Å²) in [6.07, 6.45) is 0.0332. The van der Waals surface area contributed by atoms with Gasteiger partial charge in [0.2, 0.25) is 5.95 Å². The number of ether oxygens (including phenoxy) is 2. The van der Waals surface area contributed by atoms with Gasteiger partial charge in [0.05, 0.1) is 31.7 Å².